The fourth-order valence-electron chi connectivity index (χ4n) is 9.36. The summed E-state index contributed by atoms with van der Waals surface area (Å²) in [6, 6.07) is 0. The summed E-state index contributed by atoms with van der Waals surface area (Å²) in [5.74, 6) is 4.61. The molecular formula is C28H46O4. The van der Waals surface area contributed by atoms with Crippen molar-refractivity contribution >= 4 is 11.9 Å². The van der Waals surface area contributed by atoms with Crippen molar-refractivity contribution in [3.63, 3.8) is 0 Å². The van der Waals surface area contributed by atoms with Crippen molar-refractivity contribution in [3.05, 3.63) is 0 Å². The van der Waals surface area contributed by atoms with Crippen LogP contribution in [0.2, 0.25) is 0 Å². The molecule has 4 aliphatic rings. The van der Waals surface area contributed by atoms with Crippen molar-refractivity contribution in [2.75, 3.05) is 6.61 Å². The molecule has 0 N–H and O–H groups in total. The van der Waals surface area contributed by atoms with Gasteiger partial charge in [0.2, 0.25) is 0 Å². The minimum absolute atomic E-state index is 0.111. The van der Waals surface area contributed by atoms with Crippen LogP contribution in [-0.2, 0) is 19.1 Å². The maximum Gasteiger partial charge on any atom is 0.302 e. The van der Waals surface area contributed by atoms with Crippen molar-refractivity contribution in [2.24, 2.45) is 46.3 Å². The van der Waals surface area contributed by atoms with E-state index in [1.807, 2.05) is 0 Å². The van der Waals surface area contributed by atoms with Gasteiger partial charge in [-0.2, -0.15) is 0 Å². The van der Waals surface area contributed by atoms with Gasteiger partial charge in [-0.1, -0.05) is 20.8 Å². The molecule has 0 amide bonds. The van der Waals surface area contributed by atoms with E-state index in [2.05, 4.69) is 20.8 Å². The summed E-state index contributed by atoms with van der Waals surface area (Å²) >= 11 is 0. The molecule has 0 aromatic heterocycles. The predicted octanol–water partition coefficient (Wildman–Crippen LogP) is 6.56. The van der Waals surface area contributed by atoms with E-state index < -0.39 is 0 Å². The van der Waals surface area contributed by atoms with Crippen LogP contribution in [-0.4, -0.2) is 24.6 Å². The number of fused-ring (bicyclic) bond motifs is 5. The molecule has 0 unspecified atom stereocenters. The predicted molar refractivity (Wildman–Crippen MR) is 126 cm³/mol. The summed E-state index contributed by atoms with van der Waals surface area (Å²) in [6.45, 7) is 11.3. The first-order valence-electron chi connectivity index (χ1n) is 13.5. The van der Waals surface area contributed by atoms with E-state index >= 15 is 0 Å². The first-order chi connectivity index (χ1) is 15.1. The van der Waals surface area contributed by atoms with Gasteiger partial charge in [0, 0.05) is 13.8 Å². The molecule has 0 aliphatic heterocycles. The number of hydrogen-bond acceptors (Lipinski definition) is 4. The van der Waals surface area contributed by atoms with Gasteiger partial charge in [0.15, 0.2) is 0 Å². The molecule has 0 bridgehead atoms. The molecular weight excluding hydrogens is 400 g/mol. The van der Waals surface area contributed by atoms with Crippen molar-refractivity contribution < 1.29 is 19.1 Å². The maximum absolute atomic E-state index is 11.5. The number of rotatable bonds is 6. The monoisotopic (exact) mass is 446 g/mol. The van der Waals surface area contributed by atoms with E-state index in [1.54, 1.807) is 6.92 Å². The fraction of sp³-hybridized carbons (Fsp3) is 0.929. The van der Waals surface area contributed by atoms with E-state index in [0.717, 1.165) is 48.9 Å². The highest BCUT2D eigenvalue weighted by atomic mass is 16.5. The lowest BCUT2D eigenvalue weighted by Gasteiger charge is -2.61. The Hall–Kier alpha value is -1.06. The second kappa shape index (κ2) is 9.29. The molecule has 0 heterocycles. The Morgan fingerprint density at radius 1 is 0.906 bits per heavy atom. The number of carbonyl (C=O) groups is 2. The highest BCUT2D eigenvalue weighted by molar-refractivity contribution is 5.66. The van der Waals surface area contributed by atoms with Gasteiger partial charge < -0.3 is 9.47 Å². The number of hydrogen-bond donors (Lipinski definition) is 0. The van der Waals surface area contributed by atoms with E-state index in [9.17, 15) is 9.59 Å². The molecule has 9 atom stereocenters. The largest absolute Gasteiger partial charge is 0.466 e. The van der Waals surface area contributed by atoms with E-state index in [4.69, 9.17) is 9.47 Å². The van der Waals surface area contributed by atoms with Gasteiger partial charge in [-0.05, 0) is 117 Å². The molecule has 4 heteroatoms. The van der Waals surface area contributed by atoms with Crippen LogP contribution in [0.5, 0.6) is 0 Å². The van der Waals surface area contributed by atoms with Gasteiger partial charge in [0.05, 0.1) is 6.61 Å². The zero-order valence-corrected chi connectivity index (χ0v) is 21.2. The number of carbonyl (C=O) groups excluding carboxylic acids is 2. The molecule has 32 heavy (non-hydrogen) atoms. The first-order valence-corrected chi connectivity index (χ1v) is 13.5. The third-order valence-corrected chi connectivity index (χ3v) is 10.8. The smallest absolute Gasteiger partial charge is 0.302 e. The van der Waals surface area contributed by atoms with Crippen LogP contribution in [0.15, 0.2) is 0 Å². The molecule has 0 aromatic carbocycles. The lowest BCUT2D eigenvalue weighted by atomic mass is 9.44. The van der Waals surface area contributed by atoms with E-state index in [0.29, 0.717) is 23.4 Å². The zero-order valence-electron chi connectivity index (χ0n) is 21.2. The SMILES string of the molecule is CC(=O)OCCC[C@@H](C)[C@H]1CC[C@H]2[C@@H]3CC[C@@H]4C[C@H](OC(C)=O)CC[C@]4(C)[C@H]3CC[C@]12C. The Kier molecular flexibility index (Phi) is 6.99. The van der Waals surface area contributed by atoms with Gasteiger partial charge in [0.25, 0.3) is 0 Å². The van der Waals surface area contributed by atoms with E-state index in [-0.39, 0.29) is 18.0 Å². The summed E-state index contributed by atoms with van der Waals surface area (Å²) in [7, 11) is 0. The molecule has 0 spiro atoms. The highest BCUT2D eigenvalue weighted by Crippen LogP contribution is 2.68. The molecule has 4 nitrogen and oxygen atoms in total. The number of esters is 2. The van der Waals surface area contributed by atoms with Crippen molar-refractivity contribution in [2.45, 2.75) is 111 Å². The number of ether oxygens (including phenoxy) is 2. The minimum atomic E-state index is -0.158. The Labute approximate surface area is 195 Å². The Balaban J connectivity index is 1.40. The highest BCUT2D eigenvalue weighted by Gasteiger charge is 2.60. The lowest BCUT2D eigenvalue weighted by Crippen LogP contribution is -2.54. The molecule has 4 rings (SSSR count). The molecule has 0 aromatic rings. The van der Waals surface area contributed by atoms with Crippen molar-refractivity contribution in [3.8, 4) is 0 Å². The zero-order chi connectivity index (χ0) is 23.1. The summed E-state index contributed by atoms with van der Waals surface area (Å²) in [4.78, 5) is 22.6. The normalized spacial score (nSPS) is 44.0. The topological polar surface area (TPSA) is 52.6 Å². The quantitative estimate of drug-likeness (QED) is 0.343. The average Bonchev–Trinajstić information content (AvgIpc) is 3.08. The molecule has 4 fully saturated rings. The third-order valence-electron chi connectivity index (χ3n) is 10.8. The average molecular weight is 447 g/mol. The van der Waals surface area contributed by atoms with Crippen LogP contribution in [0.1, 0.15) is 105 Å². The third kappa shape index (κ3) is 4.37. The maximum atomic E-state index is 11.5. The minimum Gasteiger partial charge on any atom is -0.466 e. The van der Waals surface area contributed by atoms with Crippen molar-refractivity contribution in [1.82, 2.24) is 0 Å². The molecule has 182 valence electrons. The summed E-state index contributed by atoms with van der Waals surface area (Å²) < 4.78 is 10.8. The van der Waals surface area contributed by atoms with Gasteiger partial charge >= 0.3 is 11.9 Å². The van der Waals surface area contributed by atoms with Gasteiger partial charge in [-0.15, -0.1) is 0 Å². The molecule has 0 saturated heterocycles. The molecule has 4 saturated carbocycles. The van der Waals surface area contributed by atoms with Crippen LogP contribution in [0.3, 0.4) is 0 Å². The summed E-state index contributed by atoms with van der Waals surface area (Å²) in [5.41, 5.74) is 0.925. The summed E-state index contributed by atoms with van der Waals surface area (Å²) in [5, 5.41) is 0. The molecule has 0 radical (unpaired) electrons. The van der Waals surface area contributed by atoms with Gasteiger partial charge in [-0.3, -0.25) is 9.59 Å². The lowest BCUT2D eigenvalue weighted by molar-refractivity contribution is -0.160. The second-order valence-corrected chi connectivity index (χ2v) is 12.4. The summed E-state index contributed by atoms with van der Waals surface area (Å²) in [6.07, 6.45) is 14.0. The van der Waals surface area contributed by atoms with Gasteiger partial charge in [0.1, 0.15) is 6.10 Å². The van der Waals surface area contributed by atoms with Crippen LogP contribution >= 0.6 is 0 Å². The van der Waals surface area contributed by atoms with Crippen LogP contribution in [0, 0.1) is 46.3 Å². The Bertz CT molecular complexity index is 704. The standard InChI is InChI=1S/C28H46O4/c1-18(7-6-16-31-19(2)29)24-10-11-25-23-9-8-21-17-22(32-20(3)30)12-14-27(21,4)26(23)13-15-28(24,25)5/h18,21-26H,6-17H2,1-5H3/t18-,21-,22-,23+,24-,25+,26+,27+,28-/m1/s1. The first kappa shape index (κ1) is 24.1. The second-order valence-electron chi connectivity index (χ2n) is 12.4. The van der Waals surface area contributed by atoms with Gasteiger partial charge in [-0.25, -0.2) is 0 Å². The molecule has 4 aliphatic carbocycles. The van der Waals surface area contributed by atoms with Crippen LogP contribution in [0.25, 0.3) is 0 Å². The Morgan fingerprint density at radius 3 is 2.34 bits per heavy atom. The van der Waals surface area contributed by atoms with Crippen molar-refractivity contribution in [1.29, 1.82) is 0 Å². The van der Waals surface area contributed by atoms with Crippen LogP contribution < -0.4 is 0 Å². The Morgan fingerprint density at radius 2 is 1.62 bits per heavy atom. The van der Waals surface area contributed by atoms with E-state index in [1.165, 1.54) is 58.3 Å². The fourth-order valence-corrected chi connectivity index (χ4v) is 9.36. The van der Waals surface area contributed by atoms with Crippen LogP contribution in [0.4, 0.5) is 0 Å².